The van der Waals surface area contributed by atoms with E-state index in [1.165, 1.54) is 23.9 Å². The molecule has 7 heteroatoms. The van der Waals surface area contributed by atoms with E-state index >= 15 is 0 Å². The first kappa shape index (κ1) is 17.0. The Balaban J connectivity index is 1.61. The zero-order valence-corrected chi connectivity index (χ0v) is 14.8. The van der Waals surface area contributed by atoms with Crippen LogP contribution in [0.2, 0.25) is 0 Å². The molecule has 1 N–H and O–H groups in total. The molecule has 0 unspecified atom stereocenters. The van der Waals surface area contributed by atoms with E-state index in [-0.39, 0.29) is 23.0 Å². The van der Waals surface area contributed by atoms with Crippen LogP contribution < -0.4 is 5.32 Å². The molecule has 0 saturated heterocycles. The number of hydrogen-bond acceptors (Lipinski definition) is 4. The number of hydrogen-bond donors (Lipinski definition) is 1. The van der Waals surface area contributed by atoms with Gasteiger partial charge in [-0.2, -0.15) is 0 Å². The Morgan fingerprint density at radius 2 is 1.96 bits per heavy atom. The molecular formula is C17H21FN4OS. The molecule has 5 nitrogen and oxygen atoms in total. The minimum atomic E-state index is -0.283. The van der Waals surface area contributed by atoms with Gasteiger partial charge in [-0.3, -0.25) is 4.79 Å². The molecule has 0 bridgehead atoms. The van der Waals surface area contributed by atoms with Crippen molar-refractivity contribution in [3.05, 3.63) is 41.5 Å². The van der Waals surface area contributed by atoms with E-state index in [9.17, 15) is 9.18 Å². The van der Waals surface area contributed by atoms with Crippen LogP contribution >= 0.6 is 11.8 Å². The lowest BCUT2D eigenvalue weighted by molar-refractivity contribution is -0.120. The second-order valence-electron chi connectivity index (χ2n) is 6.17. The van der Waals surface area contributed by atoms with Gasteiger partial charge in [-0.1, -0.05) is 23.9 Å². The average molecular weight is 348 g/mol. The van der Waals surface area contributed by atoms with Crippen LogP contribution in [-0.2, 0) is 4.79 Å². The van der Waals surface area contributed by atoms with E-state index in [0.717, 1.165) is 29.4 Å². The molecule has 2 aromatic rings. The lowest BCUT2D eigenvalue weighted by Gasteiger charge is -2.18. The fourth-order valence-corrected chi connectivity index (χ4v) is 3.53. The molecule has 3 rings (SSSR count). The van der Waals surface area contributed by atoms with Crippen LogP contribution in [0.15, 0.2) is 29.4 Å². The third-order valence-corrected chi connectivity index (χ3v) is 5.18. The lowest BCUT2D eigenvalue weighted by atomic mass is 10.1. The molecule has 24 heavy (non-hydrogen) atoms. The molecule has 2 atom stereocenters. The van der Waals surface area contributed by atoms with E-state index in [4.69, 9.17) is 0 Å². The summed E-state index contributed by atoms with van der Waals surface area (Å²) in [6.07, 6.45) is 2.29. The first-order valence-corrected chi connectivity index (χ1v) is 8.97. The summed E-state index contributed by atoms with van der Waals surface area (Å²) < 4.78 is 15.1. The molecule has 1 aliphatic rings. The maximum absolute atomic E-state index is 13.0. The van der Waals surface area contributed by atoms with Gasteiger partial charge in [0.1, 0.15) is 11.6 Å². The van der Waals surface area contributed by atoms with Crippen LogP contribution in [0.5, 0.6) is 0 Å². The van der Waals surface area contributed by atoms with E-state index in [1.54, 1.807) is 12.1 Å². The number of benzene rings is 1. The van der Waals surface area contributed by atoms with Gasteiger partial charge in [-0.05, 0) is 51.3 Å². The van der Waals surface area contributed by atoms with Crippen LogP contribution in [0.25, 0.3) is 0 Å². The predicted octanol–water partition coefficient (Wildman–Crippen LogP) is 3.42. The van der Waals surface area contributed by atoms with Crippen molar-refractivity contribution in [3.8, 4) is 0 Å². The maximum Gasteiger partial charge on any atom is 0.233 e. The molecule has 0 radical (unpaired) electrons. The molecular weight excluding hydrogens is 327 g/mol. The SMILES string of the molecule is Cc1nnc(S[C@@H](C)C(=O)N[C@@H](C)c2ccc(F)cc2)n1C1CC1. The number of carbonyl (C=O) groups is 1. The number of nitrogens with zero attached hydrogens (tertiary/aromatic N) is 3. The monoisotopic (exact) mass is 348 g/mol. The van der Waals surface area contributed by atoms with Gasteiger partial charge in [0, 0.05) is 6.04 Å². The minimum absolute atomic E-state index is 0.0696. The van der Waals surface area contributed by atoms with Gasteiger partial charge >= 0.3 is 0 Å². The quantitative estimate of drug-likeness (QED) is 0.813. The summed E-state index contributed by atoms with van der Waals surface area (Å²) in [6, 6.07) is 6.48. The van der Waals surface area contributed by atoms with Gasteiger partial charge in [-0.25, -0.2) is 4.39 Å². The van der Waals surface area contributed by atoms with Gasteiger partial charge in [-0.15, -0.1) is 10.2 Å². The Hall–Kier alpha value is -1.89. The van der Waals surface area contributed by atoms with Gasteiger partial charge in [0.25, 0.3) is 0 Å². The third kappa shape index (κ3) is 3.77. The Kier molecular flexibility index (Phi) is 4.89. The Labute approximate surface area is 145 Å². The van der Waals surface area contributed by atoms with Gasteiger partial charge in [0.2, 0.25) is 5.91 Å². The smallest absolute Gasteiger partial charge is 0.233 e. The standard InChI is InChI=1S/C17H21FN4OS/c1-10(13-4-6-14(18)7-5-13)19-16(23)11(2)24-17-21-20-12(3)22(17)15-8-9-15/h4-7,10-11,15H,8-9H2,1-3H3,(H,19,23)/t10-,11-/m0/s1. The van der Waals surface area contributed by atoms with Crippen molar-refractivity contribution in [1.29, 1.82) is 0 Å². The van der Waals surface area contributed by atoms with Crippen molar-refractivity contribution in [2.45, 2.75) is 56.1 Å². The highest BCUT2D eigenvalue weighted by Gasteiger charge is 2.30. The highest BCUT2D eigenvalue weighted by molar-refractivity contribution is 8.00. The van der Waals surface area contributed by atoms with Crippen LogP contribution in [0.4, 0.5) is 4.39 Å². The topological polar surface area (TPSA) is 59.8 Å². The van der Waals surface area contributed by atoms with Crippen LogP contribution in [0, 0.1) is 12.7 Å². The van der Waals surface area contributed by atoms with Crippen LogP contribution in [0.3, 0.4) is 0 Å². The number of nitrogens with one attached hydrogen (secondary N) is 1. The summed E-state index contributed by atoms with van der Waals surface area (Å²) in [6.45, 7) is 5.69. The van der Waals surface area contributed by atoms with Gasteiger partial charge in [0.05, 0.1) is 11.3 Å². The Bertz CT molecular complexity index is 727. The molecule has 1 heterocycles. The number of carbonyl (C=O) groups excluding carboxylic acids is 1. The van der Waals surface area contributed by atoms with Crippen molar-refractivity contribution in [2.24, 2.45) is 0 Å². The number of aromatic nitrogens is 3. The Morgan fingerprint density at radius 3 is 2.58 bits per heavy atom. The van der Waals surface area contributed by atoms with E-state index in [1.807, 2.05) is 20.8 Å². The van der Waals surface area contributed by atoms with Crippen molar-refractivity contribution in [2.75, 3.05) is 0 Å². The van der Waals surface area contributed by atoms with Crippen molar-refractivity contribution in [3.63, 3.8) is 0 Å². The lowest BCUT2D eigenvalue weighted by Crippen LogP contribution is -2.33. The van der Waals surface area contributed by atoms with Crippen molar-refractivity contribution >= 4 is 17.7 Å². The summed E-state index contributed by atoms with van der Waals surface area (Å²) in [5, 5.41) is 11.8. The van der Waals surface area contributed by atoms with Crippen LogP contribution in [-0.4, -0.2) is 25.9 Å². The summed E-state index contributed by atoms with van der Waals surface area (Å²) in [7, 11) is 0. The second-order valence-corrected chi connectivity index (χ2v) is 7.48. The zero-order valence-electron chi connectivity index (χ0n) is 14.0. The fourth-order valence-electron chi connectivity index (χ4n) is 2.56. The number of halogens is 1. The molecule has 1 saturated carbocycles. The molecule has 128 valence electrons. The summed E-state index contributed by atoms with van der Waals surface area (Å²) in [5.41, 5.74) is 0.874. The number of thioether (sulfide) groups is 1. The third-order valence-electron chi connectivity index (χ3n) is 4.13. The van der Waals surface area contributed by atoms with E-state index < -0.39 is 0 Å². The van der Waals surface area contributed by atoms with Crippen molar-refractivity contribution in [1.82, 2.24) is 20.1 Å². The van der Waals surface area contributed by atoms with Gasteiger partial charge in [0.15, 0.2) is 5.16 Å². The summed E-state index contributed by atoms with van der Waals surface area (Å²) in [4.78, 5) is 12.4. The summed E-state index contributed by atoms with van der Waals surface area (Å²) >= 11 is 1.42. The predicted molar refractivity (Wildman–Crippen MR) is 91.3 cm³/mol. The minimum Gasteiger partial charge on any atom is -0.349 e. The number of rotatable bonds is 6. The number of amides is 1. The first-order chi connectivity index (χ1) is 11.5. The fraction of sp³-hybridized carbons (Fsp3) is 0.471. The summed E-state index contributed by atoms with van der Waals surface area (Å²) in [5.74, 6) is 0.545. The van der Waals surface area contributed by atoms with E-state index in [2.05, 4.69) is 20.1 Å². The number of aryl methyl sites for hydroxylation is 1. The zero-order chi connectivity index (χ0) is 17.3. The Morgan fingerprint density at radius 1 is 1.29 bits per heavy atom. The van der Waals surface area contributed by atoms with Crippen LogP contribution in [0.1, 0.15) is 50.2 Å². The second kappa shape index (κ2) is 6.93. The average Bonchev–Trinajstić information content (AvgIpc) is 3.32. The molecule has 1 aromatic heterocycles. The molecule has 0 spiro atoms. The first-order valence-electron chi connectivity index (χ1n) is 8.09. The molecule has 1 amide bonds. The molecule has 1 aromatic carbocycles. The van der Waals surface area contributed by atoms with Gasteiger partial charge < -0.3 is 9.88 Å². The van der Waals surface area contributed by atoms with Crippen molar-refractivity contribution < 1.29 is 9.18 Å². The maximum atomic E-state index is 13.0. The normalized spacial score (nSPS) is 16.7. The highest BCUT2D eigenvalue weighted by Crippen LogP contribution is 2.39. The molecule has 1 aliphatic carbocycles. The highest BCUT2D eigenvalue weighted by atomic mass is 32.2. The van der Waals surface area contributed by atoms with E-state index in [0.29, 0.717) is 6.04 Å². The molecule has 1 fully saturated rings. The molecule has 0 aliphatic heterocycles. The largest absolute Gasteiger partial charge is 0.349 e.